The molecule has 6 nitrogen and oxygen atoms in total. The average molecular weight is 566 g/mol. The van der Waals surface area contributed by atoms with Crippen LogP contribution in [0.3, 0.4) is 0 Å². The molecule has 6 rings (SSSR count). The molecule has 3 fully saturated rings. The van der Waals surface area contributed by atoms with Crippen molar-refractivity contribution in [3.05, 3.63) is 35.1 Å². The molecular formula is C33H41F2N3O3. The molecular weight excluding hydrogens is 524 g/mol. The van der Waals surface area contributed by atoms with Crippen molar-refractivity contribution in [3.63, 3.8) is 0 Å². The van der Waals surface area contributed by atoms with Gasteiger partial charge in [-0.15, -0.1) is 10.2 Å². The van der Waals surface area contributed by atoms with E-state index in [4.69, 9.17) is 4.42 Å². The predicted octanol–water partition coefficient (Wildman–Crippen LogP) is 7.48. The third kappa shape index (κ3) is 3.50. The lowest BCUT2D eigenvalue weighted by Gasteiger charge is -2.68. The summed E-state index contributed by atoms with van der Waals surface area (Å²) in [7, 11) is 0. The van der Waals surface area contributed by atoms with E-state index in [2.05, 4.69) is 50.9 Å². The van der Waals surface area contributed by atoms with Crippen LogP contribution in [0.15, 0.2) is 27.7 Å². The maximum absolute atomic E-state index is 14.6. The minimum absolute atomic E-state index is 0.0191. The van der Waals surface area contributed by atoms with Crippen molar-refractivity contribution in [2.45, 2.75) is 105 Å². The number of halogens is 2. The summed E-state index contributed by atoms with van der Waals surface area (Å²) in [4.78, 5) is 27.8. The van der Waals surface area contributed by atoms with Gasteiger partial charge in [0.1, 0.15) is 6.07 Å². The van der Waals surface area contributed by atoms with Crippen molar-refractivity contribution >= 4 is 11.6 Å². The predicted molar refractivity (Wildman–Crippen MR) is 147 cm³/mol. The number of fused-ring (bicyclic) bond motifs is 7. The van der Waals surface area contributed by atoms with Crippen LogP contribution >= 0.6 is 0 Å². The number of carbonyl (C=O) groups excluding carboxylic acids is 2. The highest BCUT2D eigenvalue weighted by Gasteiger charge is 2.70. The lowest BCUT2D eigenvalue weighted by Crippen LogP contribution is -2.65. The Morgan fingerprint density at radius 3 is 2.32 bits per heavy atom. The summed E-state index contributed by atoms with van der Waals surface area (Å²) in [6.45, 7) is 15.0. The minimum Gasteiger partial charge on any atom is -0.419 e. The molecule has 220 valence electrons. The van der Waals surface area contributed by atoms with Gasteiger partial charge < -0.3 is 4.42 Å². The van der Waals surface area contributed by atoms with Crippen LogP contribution in [0.1, 0.15) is 112 Å². The van der Waals surface area contributed by atoms with Gasteiger partial charge in [0.2, 0.25) is 5.89 Å². The quantitative estimate of drug-likeness (QED) is 0.369. The van der Waals surface area contributed by atoms with Crippen molar-refractivity contribution in [3.8, 4) is 6.07 Å². The molecule has 0 aliphatic heterocycles. The summed E-state index contributed by atoms with van der Waals surface area (Å²) in [6, 6.07) is 2.15. The van der Waals surface area contributed by atoms with E-state index in [0.717, 1.165) is 37.7 Å². The Bertz CT molecular complexity index is 1450. The highest BCUT2D eigenvalue weighted by atomic mass is 19.3. The van der Waals surface area contributed by atoms with Crippen molar-refractivity contribution in [1.82, 2.24) is 10.2 Å². The van der Waals surface area contributed by atoms with E-state index in [1.165, 1.54) is 0 Å². The van der Waals surface area contributed by atoms with E-state index < -0.39 is 34.0 Å². The molecule has 0 spiro atoms. The van der Waals surface area contributed by atoms with Gasteiger partial charge >= 0.3 is 6.43 Å². The Morgan fingerprint density at radius 1 is 1.00 bits per heavy atom. The number of hydrogen-bond donors (Lipinski definition) is 0. The Hall–Kier alpha value is -2.69. The van der Waals surface area contributed by atoms with Crippen LogP contribution < -0.4 is 0 Å². The van der Waals surface area contributed by atoms with Crippen molar-refractivity contribution in [2.24, 2.45) is 44.8 Å². The number of ketones is 2. The topological polar surface area (TPSA) is 96.8 Å². The number of aromatic nitrogens is 2. The number of alkyl halides is 2. The van der Waals surface area contributed by atoms with E-state index >= 15 is 0 Å². The van der Waals surface area contributed by atoms with Crippen LogP contribution in [-0.2, 0) is 15.0 Å². The molecule has 5 aliphatic rings. The molecule has 1 aromatic rings. The fraction of sp³-hybridized carbons (Fsp3) is 0.727. The zero-order valence-corrected chi connectivity index (χ0v) is 25.2. The molecule has 5 aliphatic carbocycles. The molecule has 0 amide bonds. The number of hydrogen-bond acceptors (Lipinski definition) is 6. The van der Waals surface area contributed by atoms with E-state index in [-0.39, 0.29) is 51.6 Å². The van der Waals surface area contributed by atoms with Crippen LogP contribution in [0.2, 0.25) is 0 Å². The standard InChI is InChI=1S/C33H41F2N3O3/c1-28(2)10-12-33(27-38-37-26(41-27)25(34)35)13-11-32(7)23(19(33)16-28)20(39)14-22-30(5)15-18(17-36)24(40)29(3,4)21(30)8-9-31(22,32)6/h14-15,19,21,23,25H,8-13,16H2,1-7H3/t19?,21-,23-,30-,31+,32+,33-/m0/s1. The van der Waals surface area contributed by atoms with Crippen LogP contribution in [0.25, 0.3) is 0 Å². The molecule has 0 bridgehead atoms. The molecule has 0 N–H and O–H groups in total. The smallest absolute Gasteiger partial charge is 0.314 e. The van der Waals surface area contributed by atoms with Crippen LogP contribution in [0, 0.1) is 56.2 Å². The third-order valence-electron chi connectivity index (χ3n) is 12.9. The van der Waals surface area contributed by atoms with Gasteiger partial charge in [-0.05, 0) is 79.1 Å². The van der Waals surface area contributed by atoms with Crippen molar-refractivity contribution in [2.75, 3.05) is 0 Å². The first-order valence-electron chi connectivity index (χ1n) is 15.0. The lowest BCUT2D eigenvalue weighted by atomic mass is 9.34. The SMILES string of the molecule is CC1(C)CC[C@]2(c3nnc(C(F)F)o3)CC[C@]3(C)[C@H](C(=O)C=C4[C@@]5(C)C=C(C#N)C(=O)C(C)(C)[C@@H]5CC[C@]43C)C2C1. The van der Waals surface area contributed by atoms with Crippen LogP contribution in [0.5, 0.6) is 0 Å². The van der Waals surface area contributed by atoms with Gasteiger partial charge in [0, 0.05) is 16.7 Å². The summed E-state index contributed by atoms with van der Waals surface area (Å²) in [5.74, 6) is -0.933. The number of rotatable bonds is 2. The van der Waals surface area contributed by atoms with Gasteiger partial charge in [-0.2, -0.15) is 14.0 Å². The summed E-state index contributed by atoms with van der Waals surface area (Å²) in [5.41, 5.74) is -1.48. The van der Waals surface area contributed by atoms with E-state index in [0.29, 0.717) is 12.8 Å². The summed E-state index contributed by atoms with van der Waals surface area (Å²) >= 11 is 0. The maximum atomic E-state index is 14.6. The zero-order chi connectivity index (χ0) is 30.0. The Kier molecular flexibility index (Phi) is 5.86. The largest absolute Gasteiger partial charge is 0.419 e. The molecule has 1 unspecified atom stereocenters. The Balaban J connectivity index is 1.52. The monoisotopic (exact) mass is 565 g/mol. The number of Topliss-reactive ketones (excluding diaryl/α,β-unsaturated/α-hetero) is 1. The second kappa shape index (κ2) is 8.45. The molecule has 3 saturated carbocycles. The minimum atomic E-state index is -2.84. The highest BCUT2D eigenvalue weighted by Crippen LogP contribution is 2.74. The van der Waals surface area contributed by atoms with E-state index in [1.54, 1.807) is 0 Å². The lowest BCUT2D eigenvalue weighted by molar-refractivity contribution is -0.161. The molecule has 0 saturated heterocycles. The normalized spacial score (nSPS) is 42.7. The highest BCUT2D eigenvalue weighted by molar-refractivity contribution is 6.04. The molecule has 0 radical (unpaired) electrons. The first-order valence-corrected chi connectivity index (χ1v) is 15.0. The first-order chi connectivity index (χ1) is 19.0. The second-order valence-corrected chi connectivity index (χ2v) is 15.7. The van der Waals surface area contributed by atoms with Crippen molar-refractivity contribution in [1.29, 1.82) is 5.26 Å². The molecule has 7 atom stereocenters. The molecule has 1 heterocycles. The van der Waals surface area contributed by atoms with Crippen LogP contribution in [-0.4, -0.2) is 21.8 Å². The Labute approximate surface area is 241 Å². The number of nitriles is 1. The summed E-state index contributed by atoms with van der Waals surface area (Å²) < 4.78 is 32.7. The van der Waals surface area contributed by atoms with E-state index in [1.807, 2.05) is 26.0 Å². The third-order valence-corrected chi connectivity index (χ3v) is 12.9. The maximum Gasteiger partial charge on any atom is 0.314 e. The van der Waals surface area contributed by atoms with Crippen LogP contribution in [0.4, 0.5) is 8.78 Å². The number of allylic oxidation sites excluding steroid dienone is 4. The summed E-state index contributed by atoms with van der Waals surface area (Å²) in [6.07, 6.45) is 6.30. The number of carbonyl (C=O) groups is 2. The van der Waals surface area contributed by atoms with Crippen molar-refractivity contribution < 1.29 is 22.8 Å². The Morgan fingerprint density at radius 2 is 1.68 bits per heavy atom. The fourth-order valence-electron chi connectivity index (χ4n) is 10.5. The average Bonchev–Trinajstić information content (AvgIpc) is 3.39. The van der Waals surface area contributed by atoms with Gasteiger partial charge in [0.15, 0.2) is 11.6 Å². The number of nitrogens with zero attached hydrogens (tertiary/aromatic N) is 3. The molecule has 1 aromatic heterocycles. The molecule has 8 heteroatoms. The zero-order valence-electron chi connectivity index (χ0n) is 25.2. The second-order valence-electron chi connectivity index (χ2n) is 15.7. The fourth-order valence-corrected chi connectivity index (χ4v) is 10.5. The van der Waals surface area contributed by atoms with Gasteiger partial charge in [0.05, 0.1) is 11.0 Å². The van der Waals surface area contributed by atoms with Gasteiger partial charge in [-0.25, -0.2) is 0 Å². The first kappa shape index (κ1) is 28.4. The van der Waals surface area contributed by atoms with Gasteiger partial charge in [-0.3, -0.25) is 9.59 Å². The van der Waals surface area contributed by atoms with Gasteiger partial charge in [-0.1, -0.05) is 60.1 Å². The molecule has 41 heavy (non-hydrogen) atoms. The molecule has 0 aromatic carbocycles. The summed E-state index contributed by atoms with van der Waals surface area (Å²) in [5, 5.41) is 17.8. The van der Waals surface area contributed by atoms with Gasteiger partial charge in [0.25, 0.3) is 5.89 Å². The van der Waals surface area contributed by atoms with E-state index in [9.17, 15) is 23.6 Å².